The van der Waals surface area contributed by atoms with E-state index in [0.717, 1.165) is 29.5 Å². The van der Waals surface area contributed by atoms with E-state index in [0.29, 0.717) is 54.8 Å². The molecule has 0 radical (unpaired) electrons. The van der Waals surface area contributed by atoms with E-state index in [1.54, 1.807) is 29.2 Å². The average Bonchev–Trinajstić information content (AvgIpc) is 3.05. The fraction of sp³-hybridized carbons (Fsp3) is 0.389. The Morgan fingerprint density at radius 3 is 2.42 bits per heavy atom. The van der Waals surface area contributed by atoms with Crippen LogP contribution < -0.4 is 14.8 Å². The Kier molecular flexibility index (Phi) is 10.5. The highest BCUT2D eigenvalue weighted by molar-refractivity contribution is 6.07. The molecule has 2 amide bonds. The Labute approximate surface area is 265 Å². The minimum Gasteiger partial charge on any atom is -0.494 e. The quantitative estimate of drug-likeness (QED) is 0.169. The van der Waals surface area contributed by atoms with E-state index < -0.39 is 5.97 Å². The molecule has 1 fully saturated rings. The van der Waals surface area contributed by atoms with Crippen LogP contribution in [0.3, 0.4) is 0 Å². The SMILES string of the molecule is Cc1cccc(C)c1OC(=O)CN1Cc2cc(OCCCC(=O)N(C)C3CCCCC3)ccc2N=C1NC(=O)c1ccccc1. The number of nitrogens with zero attached hydrogens (tertiary/aromatic N) is 3. The van der Waals surface area contributed by atoms with Gasteiger partial charge in [0, 0.05) is 37.2 Å². The molecule has 0 atom stereocenters. The van der Waals surface area contributed by atoms with Crippen LogP contribution in [0.2, 0.25) is 0 Å². The van der Waals surface area contributed by atoms with Gasteiger partial charge in [-0.2, -0.15) is 0 Å². The first-order valence-corrected chi connectivity index (χ1v) is 15.8. The number of fused-ring (bicyclic) bond motifs is 1. The van der Waals surface area contributed by atoms with Crippen LogP contribution in [0.4, 0.5) is 5.69 Å². The molecule has 1 N–H and O–H groups in total. The number of hydrogen-bond acceptors (Lipinski definition) is 7. The van der Waals surface area contributed by atoms with Crippen LogP contribution >= 0.6 is 0 Å². The zero-order valence-corrected chi connectivity index (χ0v) is 26.4. The third-order valence-corrected chi connectivity index (χ3v) is 8.46. The van der Waals surface area contributed by atoms with E-state index in [1.165, 1.54) is 19.3 Å². The molecule has 0 unspecified atom stereocenters. The molecule has 0 aromatic heterocycles. The van der Waals surface area contributed by atoms with E-state index in [4.69, 9.17) is 14.5 Å². The summed E-state index contributed by atoms with van der Waals surface area (Å²) in [5.41, 5.74) is 3.73. The van der Waals surface area contributed by atoms with Gasteiger partial charge in [0.25, 0.3) is 5.91 Å². The molecule has 1 aliphatic heterocycles. The molecule has 0 spiro atoms. The van der Waals surface area contributed by atoms with Crippen molar-refractivity contribution in [2.24, 2.45) is 4.99 Å². The molecule has 3 aromatic rings. The normalized spacial score (nSPS) is 14.6. The zero-order chi connectivity index (χ0) is 31.8. The van der Waals surface area contributed by atoms with Gasteiger partial charge in [0.15, 0.2) is 0 Å². The van der Waals surface area contributed by atoms with Crippen LogP contribution in [-0.2, 0) is 16.1 Å². The summed E-state index contributed by atoms with van der Waals surface area (Å²) in [6.07, 6.45) is 6.90. The van der Waals surface area contributed by atoms with Gasteiger partial charge in [-0.05, 0) is 74.6 Å². The highest BCUT2D eigenvalue weighted by atomic mass is 16.5. The number of amides is 2. The molecule has 1 aliphatic carbocycles. The number of aryl methyl sites for hydroxylation is 2. The topological polar surface area (TPSA) is 101 Å². The van der Waals surface area contributed by atoms with Crippen LogP contribution in [0, 0.1) is 13.8 Å². The number of esters is 1. The van der Waals surface area contributed by atoms with Gasteiger partial charge < -0.3 is 19.3 Å². The third kappa shape index (κ3) is 8.29. The first-order valence-electron chi connectivity index (χ1n) is 15.8. The molecule has 3 aromatic carbocycles. The fourth-order valence-electron chi connectivity index (χ4n) is 5.88. The molecule has 1 heterocycles. The molecule has 9 nitrogen and oxygen atoms in total. The Bertz CT molecular complexity index is 1530. The van der Waals surface area contributed by atoms with Gasteiger partial charge in [0.2, 0.25) is 11.9 Å². The molecular formula is C36H42N4O5. The maximum absolute atomic E-state index is 13.2. The van der Waals surface area contributed by atoms with E-state index in [1.807, 2.05) is 68.3 Å². The van der Waals surface area contributed by atoms with Crippen molar-refractivity contribution in [1.82, 2.24) is 15.1 Å². The highest BCUT2D eigenvalue weighted by Gasteiger charge is 2.26. The van der Waals surface area contributed by atoms with E-state index in [-0.39, 0.29) is 24.3 Å². The summed E-state index contributed by atoms with van der Waals surface area (Å²) >= 11 is 0. The number of benzene rings is 3. The van der Waals surface area contributed by atoms with Crippen molar-refractivity contribution < 1.29 is 23.9 Å². The Morgan fingerprint density at radius 1 is 0.956 bits per heavy atom. The van der Waals surface area contributed by atoms with Gasteiger partial charge in [0.1, 0.15) is 18.0 Å². The predicted octanol–water partition coefficient (Wildman–Crippen LogP) is 6.09. The Balaban J connectivity index is 1.25. The highest BCUT2D eigenvalue weighted by Crippen LogP contribution is 2.30. The van der Waals surface area contributed by atoms with Crippen LogP contribution in [-0.4, -0.2) is 59.8 Å². The number of rotatable bonds is 10. The molecule has 5 rings (SSSR count). The maximum Gasteiger partial charge on any atom is 0.331 e. The molecule has 1 saturated carbocycles. The molecule has 0 saturated heterocycles. The van der Waals surface area contributed by atoms with Crippen LogP contribution in [0.1, 0.15) is 72.0 Å². The lowest BCUT2D eigenvalue weighted by Gasteiger charge is -2.31. The summed E-state index contributed by atoms with van der Waals surface area (Å²) in [5, 5.41) is 2.88. The number of carbonyl (C=O) groups excluding carboxylic acids is 3. The molecule has 236 valence electrons. The summed E-state index contributed by atoms with van der Waals surface area (Å²) < 4.78 is 11.8. The van der Waals surface area contributed by atoms with Crippen LogP contribution in [0.15, 0.2) is 71.7 Å². The van der Waals surface area contributed by atoms with Crippen LogP contribution in [0.25, 0.3) is 0 Å². The standard InChI is InChI=1S/C36H42N4O5/c1-25-12-10-13-26(2)34(25)45-33(42)24-40-23-28-22-30(44-21-11-18-32(41)39(3)29-16-8-5-9-17-29)19-20-31(28)37-36(40)38-35(43)27-14-6-4-7-15-27/h4,6-7,10,12-15,19-20,22,29H,5,8-9,11,16-18,21,23-24H2,1-3H3,(H,37,38,43). The number of hydrogen-bond donors (Lipinski definition) is 1. The number of guanidine groups is 1. The summed E-state index contributed by atoms with van der Waals surface area (Å²) in [6.45, 7) is 4.39. The molecule has 2 aliphatic rings. The first kappa shape index (κ1) is 31.8. The summed E-state index contributed by atoms with van der Waals surface area (Å²) in [4.78, 5) is 47.2. The van der Waals surface area contributed by atoms with E-state index >= 15 is 0 Å². The molecule has 0 bridgehead atoms. The van der Waals surface area contributed by atoms with Crippen LogP contribution in [0.5, 0.6) is 11.5 Å². The van der Waals surface area contributed by atoms with Crippen molar-refractivity contribution in [3.05, 3.63) is 89.0 Å². The zero-order valence-electron chi connectivity index (χ0n) is 26.4. The fourth-order valence-corrected chi connectivity index (χ4v) is 5.88. The van der Waals surface area contributed by atoms with Crippen molar-refractivity contribution in [2.45, 2.75) is 71.4 Å². The minimum absolute atomic E-state index is 0.122. The van der Waals surface area contributed by atoms with Crippen molar-refractivity contribution in [3.63, 3.8) is 0 Å². The van der Waals surface area contributed by atoms with Gasteiger partial charge in [-0.3, -0.25) is 14.9 Å². The van der Waals surface area contributed by atoms with E-state index in [2.05, 4.69) is 5.32 Å². The lowest BCUT2D eigenvalue weighted by Crippen LogP contribution is -2.47. The average molecular weight is 611 g/mol. The molecular weight excluding hydrogens is 568 g/mol. The van der Waals surface area contributed by atoms with Crippen molar-refractivity contribution in [2.75, 3.05) is 20.2 Å². The predicted molar refractivity (Wildman–Crippen MR) is 174 cm³/mol. The van der Waals surface area contributed by atoms with Crippen molar-refractivity contribution in [3.8, 4) is 11.5 Å². The number of ether oxygens (including phenoxy) is 2. The smallest absolute Gasteiger partial charge is 0.331 e. The van der Waals surface area contributed by atoms with Crippen molar-refractivity contribution >= 4 is 29.4 Å². The lowest BCUT2D eigenvalue weighted by atomic mass is 9.94. The number of nitrogens with one attached hydrogen (secondary N) is 1. The summed E-state index contributed by atoms with van der Waals surface area (Å²) in [6, 6.07) is 20.5. The number of aliphatic imine (C=N–C) groups is 1. The Hall–Kier alpha value is -4.66. The van der Waals surface area contributed by atoms with Crippen molar-refractivity contribution in [1.29, 1.82) is 0 Å². The second-order valence-electron chi connectivity index (χ2n) is 11.8. The van der Waals surface area contributed by atoms with Gasteiger partial charge in [-0.25, -0.2) is 9.79 Å². The summed E-state index contributed by atoms with van der Waals surface area (Å²) in [7, 11) is 1.92. The molecule has 9 heteroatoms. The van der Waals surface area contributed by atoms with E-state index in [9.17, 15) is 14.4 Å². The molecule has 45 heavy (non-hydrogen) atoms. The maximum atomic E-state index is 13.2. The number of para-hydroxylation sites is 1. The lowest BCUT2D eigenvalue weighted by molar-refractivity contribution is -0.135. The van der Waals surface area contributed by atoms with Gasteiger partial charge in [-0.1, -0.05) is 55.7 Å². The third-order valence-electron chi connectivity index (χ3n) is 8.46. The van der Waals surface area contributed by atoms with Gasteiger partial charge >= 0.3 is 5.97 Å². The second-order valence-corrected chi connectivity index (χ2v) is 11.8. The monoisotopic (exact) mass is 610 g/mol. The Morgan fingerprint density at radius 2 is 1.69 bits per heavy atom. The first-order chi connectivity index (χ1) is 21.8. The number of carbonyl (C=O) groups is 3. The minimum atomic E-state index is -0.465. The summed E-state index contributed by atoms with van der Waals surface area (Å²) in [5.74, 6) is 0.836. The van der Waals surface area contributed by atoms with Gasteiger partial charge in [0.05, 0.1) is 12.3 Å². The van der Waals surface area contributed by atoms with Gasteiger partial charge in [-0.15, -0.1) is 0 Å². The second kappa shape index (κ2) is 14.9. The largest absolute Gasteiger partial charge is 0.494 e.